The highest BCUT2D eigenvalue weighted by atomic mass is 16.5. The van der Waals surface area contributed by atoms with E-state index in [4.69, 9.17) is 13.9 Å². The van der Waals surface area contributed by atoms with Gasteiger partial charge in [-0.25, -0.2) is 0 Å². The molecule has 0 unspecified atom stereocenters. The number of rotatable bonds is 6. The van der Waals surface area contributed by atoms with Gasteiger partial charge in [0.25, 0.3) is 5.91 Å². The maximum absolute atomic E-state index is 12.0. The molecule has 0 atom stereocenters. The predicted molar refractivity (Wildman–Crippen MR) is 95.4 cm³/mol. The lowest BCUT2D eigenvalue weighted by Crippen LogP contribution is -2.20. The van der Waals surface area contributed by atoms with Crippen molar-refractivity contribution in [2.45, 2.75) is 6.92 Å². The van der Waals surface area contributed by atoms with Crippen LogP contribution in [0, 0.1) is 0 Å². The Morgan fingerprint density at radius 3 is 2.50 bits per heavy atom. The fourth-order valence-corrected chi connectivity index (χ4v) is 2.24. The van der Waals surface area contributed by atoms with Crippen LogP contribution in [0.2, 0.25) is 0 Å². The Morgan fingerprint density at radius 1 is 1.08 bits per heavy atom. The molecule has 2 aromatic carbocycles. The number of carbonyl (C=O) groups is 2. The molecule has 1 heterocycles. The second kappa shape index (κ2) is 7.56. The number of aromatic nitrogens is 1. The Hall–Kier alpha value is -3.55. The number of ether oxygens (including phenoxy) is 2. The van der Waals surface area contributed by atoms with E-state index >= 15 is 0 Å². The Labute approximate surface area is 149 Å². The third kappa shape index (κ3) is 4.29. The lowest BCUT2D eigenvalue weighted by molar-refractivity contribution is -0.118. The molecule has 8 nitrogen and oxygen atoms in total. The van der Waals surface area contributed by atoms with Gasteiger partial charge >= 0.3 is 6.01 Å². The van der Waals surface area contributed by atoms with Crippen molar-refractivity contribution >= 4 is 34.6 Å². The molecule has 0 radical (unpaired) electrons. The van der Waals surface area contributed by atoms with Crippen molar-refractivity contribution in [3.05, 3.63) is 42.5 Å². The first kappa shape index (κ1) is 17.3. The van der Waals surface area contributed by atoms with E-state index in [1.807, 2.05) is 0 Å². The molecule has 0 aliphatic carbocycles. The molecule has 0 fully saturated rings. The van der Waals surface area contributed by atoms with Crippen LogP contribution in [0.3, 0.4) is 0 Å². The monoisotopic (exact) mass is 355 g/mol. The summed E-state index contributed by atoms with van der Waals surface area (Å²) < 4.78 is 15.9. The summed E-state index contributed by atoms with van der Waals surface area (Å²) >= 11 is 0. The number of carbonyl (C=O) groups excluding carboxylic acids is 2. The van der Waals surface area contributed by atoms with Gasteiger partial charge < -0.3 is 19.2 Å². The van der Waals surface area contributed by atoms with Gasteiger partial charge in [0, 0.05) is 18.7 Å². The maximum Gasteiger partial charge on any atom is 0.302 e. The van der Waals surface area contributed by atoms with Gasteiger partial charge in [-0.2, -0.15) is 4.98 Å². The molecule has 0 bridgehead atoms. The van der Waals surface area contributed by atoms with Gasteiger partial charge in [-0.1, -0.05) is 0 Å². The van der Waals surface area contributed by atoms with Gasteiger partial charge in [-0.15, -0.1) is 0 Å². The number of fused-ring (bicyclic) bond motifs is 1. The minimum atomic E-state index is -0.408. The molecule has 1 aromatic heterocycles. The predicted octanol–water partition coefficient (Wildman–Crippen LogP) is 2.81. The van der Waals surface area contributed by atoms with Crippen molar-refractivity contribution in [3.63, 3.8) is 0 Å². The number of oxazole rings is 1. The van der Waals surface area contributed by atoms with Gasteiger partial charge in [-0.3, -0.25) is 14.9 Å². The third-order valence-electron chi connectivity index (χ3n) is 3.38. The van der Waals surface area contributed by atoms with Crippen LogP contribution in [0.5, 0.6) is 11.5 Å². The zero-order chi connectivity index (χ0) is 18.5. The van der Waals surface area contributed by atoms with Gasteiger partial charge in [0.05, 0.1) is 7.11 Å². The fraction of sp³-hybridized carbons (Fsp3) is 0.167. The van der Waals surface area contributed by atoms with Crippen LogP contribution < -0.4 is 20.1 Å². The van der Waals surface area contributed by atoms with Gasteiger partial charge in [0.2, 0.25) is 5.91 Å². The first-order valence-corrected chi connectivity index (χ1v) is 7.78. The minimum absolute atomic E-state index is 0.0586. The number of anilines is 2. The lowest BCUT2D eigenvalue weighted by Gasteiger charge is -2.06. The molecule has 2 amide bonds. The highest BCUT2D eigenvalue weighted by Gasteiger charge is 2.11. The van der Waals surface area contributed by atoms with E-state index in [9.17, 15) is 9.59 Å². The number of nitrogens with zero attached hydrogens (tertiary/aromatic N) is 1. The fourth-order valence-electron chi connectivity index (χ4n) is 2.24. The second-order valence-electron chi connectivity index (χ2n) is 5.40. The topological polar surface area (TPSA) is 103 Å². The van der Waals surface area contributed by atoms with Crippen LogP contribution in [0.25, 0.3) is 11.1 Å². The van der Waals surface area contributed by atoms with Crippen LogP contribution in [0.4, 0.5) is 11.7 Å². The van der Waals surface area contributed by atoms with Crippen LogP contribution in [0.1, 0.15) is 6.92 Å². The van der Waals surface area contributed by atoms with E-state index < -0.39 is 5.91 Å². The molecule has 8 heteroatoms. The molecule has 0 aliphatic heterocycles. The van der Waals surface area contributed by atoms with Crippen LogP contribution in [-0.4, -0.2) is 30.5 Å². The Balaban J connectivity index is 1.60. The van der Waals surface area contributed by atoms with Crippen LogP contribution in [-0.2, 0) is 9.59 Å². The SMILES string of the molecule is COc1ccc(OCC(=O)Nc2nc3ccc(NC(C)=O)cc3o2)cc1. The average Bonchev–Trinajstić information content (AvgIpc) is 3.01. The number of benzene rings is 2. The number of hydrogen-bond donors (Lipinski definition) is 2. The zero-order valence-corrected chi connectivity index (χ0v) is 14.2. The Kier molecular flexibility index (Phi) is 5.02. The third-order valence-corrected chi connectivity index (χ3v) is 3.38. The first-order valence-electron chi connectivity index (χ1n) is 7.78. The molecule has 2 N–H and O–H groups in total. The van der Waals surface area contributed by atoms with Crippen molar-refractivity contribution < 1.29 is 23.5 Å². The molecular formula is C18H17N3O5. The summed E-state index contributed by atoms with van der Waals surface area (Å²) in [5.41, 5.74) is 1.59. The van der Waals surface area contributed by atoms with Crippen molar-refractivity contribution in [2.75, 3.05) is 24.4 Å². The smallest absolute Gasteiger partial charge is 0.302 e. The number of amides is 2. The highest BCUT2D eigenvalue weighted by Crippen LogP contribution is 2.22. The minimum Gasteiger partial charge on any atom is -0.497 e. The van der Waals surface area contributed by atoms with Crippen molar-refractivity contribution in [3.8, 4) is 11.5 Å². The summed E-state index contributed by atoms with van der Waals surface area (Å²) in [5, 5.41) is 5.18. The summed E-state index contributed by atoms with van der Waals surface area (Å²) in [6.07, 6.45) is 0. The second-order valence-corrected chi connectivity index (χ2v) is 5.40. The molecule has 3 rings (SSSR count). The van der Waals surface area contributed by atoms with Crippen LogP contribution >= 0.6 is 0 Å². The maximum atomic E-state index is 12.0. The van der Waals surface area contributed by atoms with Gasteiger partial charge in [0.15, 0.2) is 12.2 Å². The molecule has 0 spiro atoms. The number of hydrogen-bond acceptors (Lipinski definition) is 6. The summed E-state index contributed by atoms with van der Waals surface area (Å²) in [4.78, 5) is 27.2. The van der Waals surface area contributed by atoms with Gasteiger partial charge in [0.1, 0.15) is 17.0 Å². The summed E-state index contributed by atoms with van der Waals surface area (Å²) in [5.74, 6) is 0.646. The average molecular weight is 355 g/mol. The first-order chi connectivity index (χ1) is 12.5. The molecule has 0 aliphatic rings. The van der Waals surface area contributed by atoms with E-state index in [-0.39, 0.29) is 18.5 Å². The lowest BCUT2D eigenvalue weighted by atomic mass is 10.3. The zero-order valence-electron chi connectivity index (χ0n) is 14.2. The van der Waals surface area contributed by atoms with Crippen LogP contribution in [0.15, 0.2) is 46.9 Å². The molecule has 26 heavy (non-hydrogen) atoms. The van der Waals surface area contributed by atoms with Crippen molar-refractivity contribution in [1.29, 1.82) is 0 Å². The molecule has 3 aromatic rings. The van der Waals surface area contributed by atoms with E-state index in [0.29, 0.717) is 28.3 Å². The largest absolute Gasteiger partial charge is 0.497 e. The Morgan fingerprint density at radius 2 is 1.81 bits per heavy atom. The summed E-state index contributed by atoms with van der Waals surface area (Å²) in [6.45, 7) is 1.22. The number of methoxy groups -OCH3 is 1. The van der Waals surface area contributed by atoms with E-state index in [1.165, 1.54) is 6.92 Å². The quantitative estimate of drug-likeness (QED) is 0.705. The van der Waals surface area contributed by atoms with E-state index in [1.54, 1.807) is 49.6 Å². The molecule has 0 saturated heterocycles. The van der Waals surface area contributed by atoms with E-state index in [0.717, 1.165) is 0 Å². The van der Waals surface area contributed by atoms with Crippen molar-refractivity contribution in [2.24, 2.45) is 0 Å². The summed E-state index contributed by atoms with van der Waals surface area (Å²) in [6, 6.07) is 12.0. The number of nitrogens with one attached hydrogen (secondary N) is 2. The highest BCUT2D eigenvalue weighted by molar-refractivity contribution is 5.93. The molecular weight excluding hydrogens is 338 g/mol. The summed E-state index contributed by atoms with van der Waals surface area (Å²) in [7, 11) is 1.57. The van der Waals surface area contributed by atoms with E-state index in [2.05, 4.69) is 15.6 Å². The normalized spacial score (nSPS) is 10.4. The standard InChI is InChI=1S/C18H17N3O5/c1-11(22)19-12-3-8-15-16(9-12)26-18(20-15)21-17(23)10-25-14-6-4-13(24-2)5-7-14/h3-9H,10H2,1-2H3,(H,19,22)(H,20,21,23). The Bertz CT molecular complexity index is 934. The molecule has 0 saturated carbocycles. The molecule has 134 valence electrons. The van der Waals surface area contributed by atoms with Crippen molar-refractivity contribution in [1.82, 2.24) is 4.98 Å². The van der Waals surface area contributed by atoms with Gasteiger partial charge in [-0.05, 0) is 36.4 Å².